The predicted octanol–water partition coefficient (Wildman–Crippen LogP) is 2.21. The van der Waals surface area contributed by atoms with Crippen LogP contribution in [-0.4, -0.2) is 29.1 Å². The molecule has 1 aromatic carbocycles. The molecular formula is C16H21NO4. The Morgan fingerprint density at radius 3 is 2.67 bits per heavy atom. The topological polar surface area (TPSA) is 75.6 Å². The molecule has 5 heteroatoms. The molecule has 2 N–H and O–H groups in total. The van der Waals surface area contributed by atoms with Crippen molar-refractivity contribution in [3.63, 3.8) is 0 Å². The molecule has 0 aliphatic heterocycles. The molecule has 3 atom stereocenters. The van der Waals surface area contributed by atoms with Gasteiger partial charge in [0.2, 0.25) is 0 Å². The summed E-state index contributed by atoms with van der Waals surface area (Å²) < 4.78 is 5.56. The number of aliphatic carboxylic acids is 1. The normalized spacial score (nSPS) is 26.1. The predicted molar refractivity (Wildman–Crippen MR) is 78.1 cm³/mol. The van der Waals surface area contributed by atoms with Gasteiger partial charge in [0.1, 0.15) is 5.75 Å². The lowest BCUT2D eigenvalue weighted by atomic mass is 9.85. The highest BCUT2D eigenvalue weighted by molar-refractivity contribution is 5.83. The zero-order valence-electron chi connectivity index (χ0n) is 12.3. The first kappa shape index (κ1) is 15.4. The fourth-order valence-corrected chi connectivity index (χ4v) is 2.70. The van der Waals surface area contributed by atoms with Crippen LogP contribution in [-0.2, 0) is 9.59 Å². The van der Waals surface area contributed by atoms with Crippen molar-refractivity contribution in [2.75, 3.05) is 0 Å². The third-order valence-corrected chi connectivity index (χ3v) is 4.19. The second-order valence-electron chi connectivity index (χ2n) is 5.75. The molecule has 0 bridgehead atoms. The molecule has 1 fully saturated rings. The molecule has 1 amide bonds. The lowest BCUT2D eigenvalue weighted by molar-refractivity contribution is -0.149. The number of carbonyl (C=O) groups is 2. The molecule has 1 aliphatic rings. The highest BCUT2D eigenvalue weighted by Crippen LogP contribution is 2.38. The molecule has 1 aromatic rings. The Bertz CT molecular complexity index is 516. The number of carboxylic acid groups (broad SMARTS) is 1. The van der Waals surface area contributed by atoms with Crippen molar-refractivity contribution >= 4 is 11.9 Å². The molecule has 1 saturated carbocycles. The average Bonchev–Trinajstić information content (AvgIpc) is 2.82. The summed E-state index contributed by atoms with van der Waals surface area (Å²) in [4.78, 5) is 23.6. The number of hydrogen-bond donors (Lipinski definition) is 2. The van der Waals surface area contributed by atoms with E-state index in [9.17, 15) is 14.7 Å². The summed E-state index contributed by atoms with van der Waals surface area (Å²) in [5.41, 5.74) is -0.887. The standard InChI is InChI=1S/C16H21NO4/c1-11(21-12-7-4-3-5-8-12)14(18)17-13-9-6-10-16(13,2)15(19)20/h3-5,7-8,11,13H,6,9-10H2,1-2H3,(H,17,18)(H,19,20). The van der Waals surface area contributed by atoms with Gasteiger partial charge in [-0.1, -0.05) is 24.6 Å². The largest absolute Gasteiger partial charge is 0.481 e. The summed E-state index contributed by atoms with van der Waals surface area (Å²) >= 11 is 0. The Kier molecular flexibility index (Phi) is 4.50. The van der Waals surface area contributed by atoms with E-state index in [1.54, 1.807) is 26.0 Å². The van der Waals surface area contributed by atoms with Crippen LogP contribution < -0.4 is 10.1 Å². The number of benzene rings is 1. The monoisotopic (exact) mass is 291 g/mol. The van der Waals surface area contributed by atoms with Crippen LogP contribution in [0.3, 0.4) is 0 Å². The van der Waals surface area contributed by atoms with Crippen molar-refractivity contribution in [1.82, 2.24) is 5.32 Å². The van der Waals surface area contributed by atoms with Gasteiger partial charge >= 0.3 is 5.97 Å². The number of amides is 1. The first-order valence-corrected chi connectivity index (χ1v) is 7.19. The summed E-state index contributed by atoms with van der Waals surface area (Å²) in [6, 6.07) is 8.75. The van der Waals surface area contributed by atoms with Gasteiger partial charge in [-0.15, -0.1) is 0 Å². The van der Waals surface area contributed by atoms with E-state index in [2.05, 4.69) is 5.32 Å². The van der Waals surface area contributed by atoms with Gasteiger partial charge in [0, 0.05) is 6.04 Å². The molecule has 3 unspecified atom stereocenters. The Balaban J connectivity index is 1.96. The van der Waals surface area contributed by atoms with Crippen LogP contribution >= 0.6 is 0 Å². The Morgan fingerprint density at radius 1 is 1.38 bits per heavy atom. The zero-order chi connectivity index (χ0) is 15.5. The number of para-hydroxylation sites is 1. The number of carbonyl (C=O) groups excluding carboxylic acids is 1. The molecule has 1 aliphatic carbocycles. The van der Waals surface area contributed by atoms with Gasteiger partial charge < -0.3 is 15.2 Å². The minimum Gasteiger partial charge on any atom is -0.481 e. The van der Waals surface area contributed by atoms with Crippen molar-refractivity contribution in [1.29, 1.82) is 0 Å². The lowest BCUT2D eigenvalue weighted by Crippen LogP contribution is -2.50. The smallest absolute Gasteiger partial charge is 0.311 e. The number of ether oxygens (including phenoxy) is 1. The molecule has 0 spiro atoms. The summed E-state index contributed by atoms with van der Waals surface area (Å²) in [6.45, 7) is 3.35. The number of carboxylic acids is 1. The Morgan fingerprint density at radius 2 is 2.05 bits per heavy atom. The van der Waals surface area contributed by atoms with E-state index >= 15 is 0 Å². The number of hydrogen-bond acceptors (Lipinski definition) is 3. The molecule has 0 radical (unpaired) electrons. The van der Waals surface area contributed by atoms with E-state index in [-0.39, 0.29) is 11.9 Å². The second-order valence-corrected chi connectivity index (χ2v) is 5.75. The van der Waals surface area contributed by atoms with Gasteiger partial charge in [-0.25, -0.2) is 0 Å². The maximum atomic E-state index is 12.2. The summed E-state index contributed by atoms with van der Waals surface area (Å²) in [5, 5.41) is 12.2. The van der Waals surface area contributed by atoms with E-state index in [0.717, 1.165) is 6.42 Å². The molecule has 114 valence electrons. The average molecular weight is 291 g/mol. The van der Waals surface area contributed by atoms with E-state index in [1.807, 2.05) is 18.2 Å². The molecule has 0 aromatic heterocycles. The van der Waals surface area contributed by atoms with Crippen molar-refractivity contribution in [3.8, 4) is 5.75 Å². The first-order chi connectivity index (χ1) is 9.93. The number of nitrogens with one attached hydrogen (secondary N) is 1. The van der Waals surface area contributed by atoms with E-state index < -0.39 is 17.5 Å². The Labute approximate surface area is 124 Å². The number of rotatable bonds is 5. The summed E-state index contributed by atoms with van der Waals surface area (Å²) in [5.74, 6) is -0.521. The molecule has 21 heavy (non-hydrogen) atoms. The van der Waals surface area contributed by atoms with Gasteiger partial charge in [-0.3, -0.25) is 9.59 Å². The SMILES string of the molecule is CC(Oc1ccccc1)C(=O)NC1CCCC1(C)C(=O)O. The van der Waals surface area contributed by atoms with E-state index in [1.165, 1.54) is 0 Å². The van der Waals surface area contributed by atoms with Crippen LogP contribution in [0.5, 0.6) is 5.75 Å². The third-order valence-electron chi connectivity index (χ3n) is 4.19. The van der Waals surface area contributed by atoms with Gasteiger partial charge in [-0.2, -0.15) is 0 Å². The van der Waals surface area contributed by atoms with Crippen molar-refractivity contribution in [3.05, 3.63) is 30.3 Å². The van der Waals surface area contributed by atoms with Gasteiger partial charge in [0.25, 0.3) is 5.91 Å². The highest BCUT2D eigenvalue weighted by Gasteiger charge is 2.46. The first-order valence-electron chi connectivity index (χ1n) is 7.19. The van der Waals surface area contributed by atoms with Crippen molar-refractivity contribution in [2.45, 2.75) is 45.3 Å². The van der Waals surface area contributed by atoms with Gasteiger partial charge in [0.15, 0.2) is 6.10 Å². The van der Waals surface area contributed by atoms with Gasteiger partial charge in [-0.05, 0) is 38.8 Å². The van der Waals surface area contributed by atoms with Crippen molar-refractivity contribution in [2.24, 2.45) is 5.41 Å². The maximum absolute atomic E-state index is 12.2. The van der Waals surface area contributed by atoms with Crippen LogP contribution in [0.4, 0.5) is 0 Å². The summed E-state index contributed by atoms with van der Waals surface area (Å²) in [7, 11) is 0. The molecule has 5 nitrogen and oxygen atoms in total. The van der Waals surface area contributed by atoms with Gasteiger partial charge in [0.05, 0.1) is 5.41 Å². The van der Waals surface area contributed by atoms with E-state index in [4.69, 9.17) is 4.74 Å². The maximum Gasteiger partial charge on any atom is 0.311 e. The molecule has 2 rings (SSSR count). The van der Waals surface area contributed by atoms with Crippen LogP contribution in [0.15, 0.2) is 30.3 Å². The van der Waals surface area contributed by atoms with Crippen LogP contribution in [0.1, 0.15) is 33.1 Å². The third kappa shape index (κ3) is 3.35. The summed E-state index contributed by atoms with van der Waals surface area (Å²) in [6.07, 6.45) is 1.42. The minimum atomic E-state index is -0.887. The second kappa shape index (κ2) is 6.16. The Hall–Kier alpha value is -2.04. The molecule has 0 heterocycles. The molecule has 0 saturated heterocycles. The minimum absolute atomic E-state index is 0.279. The highest BCUT2D eigenvalue weighted by atomic mass is 16.5. The fourth-order valence-electron chi connectivity index (χ4n) is 2.70. The lowest BCUT2D eigenvalue weighted by Gasteiger charge is -2.28. The van der Waals surface area contributed by atoms with Crippen molar-refractivity contribution < 1.29 is 19.4 Å². The zero-order valence-corrected chi connectivity index (χ0v) is 12.3. The fraction of sp³-hybridized carbons (Fsp3) is 0.500. The van der Waals surface area contributed by atoms with E-state index in [0.29, 0.717) is 18.6 Å². The van der Waals surface area contributed by atoms with Crippen LogP contribution in [0, 0.1) is 5.41 Å². The van der Waals surface area contributed by atoms with Crippen LogP contribution in [0.25, 0.3) is 0 Å². The quantitative estimate of drug-likeness (QED) is 0.872. The van der Waals surface area contributed by atoms with Crippen LogP contribution in [0.2, 0.25) is 0 Å². The molecular weight excluding hydrogens is 270 g/mol.